The van der Waals surface area contributed by atoms with Gasteiger partial charge in [0.05, 0.1) is 5.56 Å². The Balaban J connectivity index is 2.18. The first-order valence-corrected chi connectivity index (χ1v) is 6.74. The van der Waals surface area contributed by atoms with Crippen LogP contribution in [0.2, 0.25) is 0 Å². The van der Waals surface area contributed by atoms with Crippen LogP contribution in [0, 0.1) is 18.3 Å². The van der Waals surface area contributed by atoms with Gasteiger partial charge in [-0.1, -0.05) is 20.8 Å². The third kappa shape index (κ3) is 2.88. The standard InChI is InChI=1S/C15H22N2O2/c1-10-7-11(14(18)19)8-16-13(10)17-6-5-12(9-17)15(2,3)4/h7-8,12H,5-6,9H2,1-4H3,(H,18,19). The maximum Gasteiger partial charge on any atom is 0.337 e. The molecule has 0 aromatic carbocycles. The van der Waals surface area contributed by atoms with E-state index in [1.165, 1.54) is 12.6 Å². The molecule has 2 heterocycles. The van der Waals surface area contributed by atoms with Crippen LogP contribution in [0.4, 0.5) is 5.82 Å². The van der Waals surface area contributed by atoms with Crippen molar-refractivity contribution in [2.45, 2.75) is 34.1 Å². The van der Waals surface area contributed by atoms with Crippen LogP contribution >= 0.6 is 0 Å². The van der Waals surface area contributed by atoms with Gasteiger partial charge in [0.15, 0.2) is 0 Å². The predicted octanol–water partition coefficient (Wildman–Crippen LogP) is 2.96. The third-order valence-corrected chi connectivity index (χ3v) is 4.01. The van der Waals surface area contributed by atoms with Crippen LogP contribution in [0.1, 0.15) is 43.1 Å². The Morgan fingerprint density at radius 1 is 1.47 bits per heavy atom. The Labute approximate surface area is 114 Å². The van der Waals surface area contributed by atoms with Crippen LogP contribution in [0.3, 0.4) is 0 Å². The molecule has 0 amide bonds. The van der Waals surface area contributed by atoms with E-state index in [0.717, 1.165) is 24.5 Å². The van der Waals surface area contributed by atoms with Gasteiger partial charge in [-0.2, -0.15) is 0 Å². The average Bonchev–Trinajstić information content (AvgIpc) is 2.77. The van der Waals surface area contributed by atoms with Gasteiger partial charge < -0.3 is 10.0 Å². The molecule has 1 unspecified atom stereocenters. The summed E-state index contributed by atoms with van der Waals surface area (Å²) in [5.41, 5.74) is 1.51. The second-order valence-corrected chi connectivity index (χ2v) is 6.47. The van der Waals surface area contributed by atoms with Crippen molar-refractivity contribution < 1.29 is 9.90 Å². The number of anilines is 1. The summed E-state index contributed by atoms with van der Waals surface area (Å²) in [5.74, 6) is 0.667. The first kappa shape index (κ1) is 13.8. The van der Waals surface area contributed by atoms with Gasteiger partial charge in [-0.15, -0.1) is 0 Å². The second kappa shape index (κ2) is 4.83. The molecule has 104 valence electrons. The number of hydrogen-bond donors (Lipinski definition) is 1. The number of aromatic carboxylic acids is 1. The fourth-order valence-corrected chi connectivity index (χ4v) is 2.68. The molecule has 1 aliphatic rings. The summed E-state index contributed by atoms with van der Waals surface area (Å²) in [6.45, 7) is 10.8. The molecule has 1 N–H and O–H groups in total. The zero-order valence-corrected chi connectivity index (χ0v) is 12.1. The number of pyridine rings is 1. The lowest BCUT2D eigenvalue weighted by atomic mass is 9.80. The molecule has 0 saturated carbocycles. The number of carbonyl (C=O) groups is 1. The van der Waals surface area contributed by atoms with Crippen molar-refractivity contribution in [2.24, 2.45) is 11.3 Å². The summed E-state index contributed by atoms with van der Waals surface area (Å²) in [6.07, 6.45) is 2.63. The minimum atomic E-state index is -0.920. The molecule has 4 nitrogen and oxygen atoms in total. The summed E-state index contributed by atoms with van der Waals surface area (Å²) >= 11 is 0. The largest absolute Gasteiger partial charge is 0.478 e. The highest BCUT2D eigenvalue weighted by molar-refractivity contribution is 5.87. The number of hydrogen-bond acceptors (Lipinski definition) is 3. The quantitative estimate of drug-likeness (QED) is 0.890. The van der Waals surface area contributed by atoms with Gasteiger partial charge in [-0.05, 0) is 36.3 Å². The maximum absolute atomic E-state index is 10.9. The van der Waals surface area contributed by atoms with Gasteiger partial charge in [0.2, 0.25) is 0 Å². The van der Waals surface area contributed by atoms with E-state index in [0.29, 0.717) is 11.3 Å². The summed E-state index contributed by atoms with van der Waals surface area (Å²) in [4.78, 5) is 17.5. The fourth-order valence-electron chi connectivity index (χ4n) is 2.68. The molecule has 1 atom stereocenters. The van der Waals surface area contributed by atoms with E-state index in [-0.39, 0.29) is 5.56 Å². The van der Waals surface area contributed by atoms with Crippen LogP contribution in [0.25, 0.3) is 0 Å². The third-order valence-electron chi connectivity index (χ3n) is 4.01. The monoisotopic (exact) mass is 262 g/mol. The number of aromatic nitrogens is 1. The lowest BCUT2D eigenvalue weighted by Gasteiger charge is -2.27. The van der Waals surface area contributed by atoms with Crippen LogP contribution in [0.15, 0.2) is 12.3 Å². The summed E-state index contributed by atoms with van der Waals surface area (Å²) in [6, 6.07) is 1.70. The summed E-state index contributed by atoms with van der Waals surface area (Å²) < 4.78 is 0. The van der Waals surface area contributed by atoms with Gasteiger partial charge in [-0.3, -0.25) is 0 Å². The van der Waals surface area contributed by atoms with Crippen LogP contribution in [-0.4, -0.2) is 29.1 Å². The molecule has 1 aliphatic heterocycles. The Hall–Kier alpha value is -1.58. The van der Waals surface area contributed by atoms with E-state index in [1.54, 1.807) is 6.07 Å². The number of carboxylic acid groups (broad SMARTS) is 1. The zero-order valence-electron chi connectivity index (χ0n) is 12.1. The molecule has 0 radical (unpaired) electrons. The van der Waals surface area contributed by atoms with Crippen molar-refractivity contribution in [3.05, 3.63) is 23.4 Å². The van der Waals surface area contributed by atoms with E-state index in [2.05, 4.69) is 30.7 Å². The Bertz CT molecular complexity index is 491. The van der Waals surface area contributed by atoms with Crippen molar-refractivity contribution in [3.8, 4) is 0 Å². The molecular formula is C15H22N2O2. The number of carboxylic acids is 1. The van der Waals surface area contributed by atoms with Gasteiger partial charge in [0.25, 0.3) is 0 Å². The molecule has 2 rings (SSSR count). The van der Waals surface area contributed by atoms with Gasteiger partial charge in [0, 0.05) is 19.3 Å². The van der Waals surface area contributed by atoms with E-state index in [9.17, 15) is 4.79 Å². The molecule has 1 fully saturated rings. The molecule has 0 spiro atoms. The Morgan fingerprint density at radius 3 is 2.63 bits per heavy atom. The molecule has 1 aromatic heterocycles. The fraction of sp³-hybridized carbons (Fsp3) is 0.600. The molecule has 0 bridgehead atoms. The van der Waals surface area contributed by atoms with Crippen molar-refractivity contribution in [1.29, 1.82) is 0 Å². The van der Waals surface area contributed by atoms with E-state index >= 15 is 0 Å². The predicted molar refractivity (Wildman–Crippen MR) is 75.7 cm³/mol. The molecule has 19 heavy (non-hydrogen) atoms. The van der Waals surface area contributed by atoms with Crippen molar-refractivity contribution in [2.75, 3.05) is 18.0 Å². The van der Waals surface area contributed by atoms with Gasteiger partial charge in [0.1, 0.15) is 5.82 Å². The molecule has 1 saturated heterocycles. The highest BCUT2D eigenvalue weighted by Gasteiger charge is 2.32. The minimum absolute atomic E-state index is 0.257. The smallest absolute Gasteiger partial charge is 0.337 e. The minimum Gasteiger partial charge on any atom is -0.478 e. The number of aryl methyl sites for hydroxylation is 1. The first-order chi connectivity index (χ1) is 8.79. The van der Waals surface area contributed by atoms with E-state index in [4.69, 9.17) is 5.11 Å². The highest BCUT2D eigenvalue weighted by Crippen LogP contribution is 2.35. The highest BCUT2D eigenvalue weighted by atomic mass is 16.4. The first-order valence-electron chi connectivity index (χ1n) is 6.74. The summed E-state index contributed by atoms with van der Waals surface area (Å²) in [7, 11) is 0. The van der Waals surface area contributed by atoms with E-state index in [1.807, 2.05) is 6.92 Å². The van der Waals surface area contributed by atoms with Gasteiger partial charge in [-0.25, -0.2) is 9.78 Å². The zero-order chi connectivity index (χ0) is 14.2. The number of rotatable bonds is 2. The van der Waals surface area contributed by atoms with Crippen molar-refractivity contribution in [3.63, 3.8) is 0 Å². The van der Waals surface area contributed by atoms with Crippen LogP contribution in [-0.2, 0) is 0 Å². The molecule has 4 heteroatoms. The van der Waals surface area contributed by atoms with Crippen molar-refractivity contribution >= 4 is 11.8 Å². The van der Waals surface area contributed by atoms with Crippen molar-refractivity contribution in [1.82, 2.24) is 4.98 Å². The topological polar surface area (TPSA) is 53.4 Å². The lowest BCUT2D eigenvalue weighted by molar-refractivity contribution is 0.0696. The SMILES string of the molecule is Cc1cc(C(=O)O)cnc1N1CCC(C(C)(C)C)C1. The second-order valence-electron chi connectivity index (χ2n) is 6.47. The van der Waals surface area contributed by atoms with Crippen LogP contribution < -0.4 is 4.90 Å². The lowest BCUT2D eigenvalue weighted by Crippen LogP contribution is -2.26. The normalized spacial score (nSPS) is 19.8. The Kier molecular flexibility index (Phi) is 3.52. The molecule has 1 aromatic rings. The maximum atomic E-state index is 10.9. The number of nitrogens with zero attached hydrogens (tertiary/aromatic N) is 2. The van der Waals surface area contributed by atoms with E-state index < -0.39 is 5.97 Å². The van der Waals surface area contributed by atoms with Gasteiger partial charge >= 0.3 is 5.97 Å². The summed E-state index contributed by atoms with van der Waals surface area (Å²) in [5, 5.41) is 8.96. The molecular weight excluding hydrogens is 240 g/mol. The molecule has 0 aliphatic carbocycles. The van der Waals surface area contributed by atoms with Crippen LogP contribution in [0.5, 0.6) is 0 Å². The average molecular weight is 262 g/mol. The Morgan fingerprint density at radius 2 is 2.16 bits per heavy atom.